The van der Waals surface area contributed by atoms with Gasteiger partial charge in [0.2, 0.25) is 11.9 Å². The maximum absolute atomic E-state index is 13.0. The van der Waals surface area contributed by atoms with Gasteiger partial charge in [0, 0.05) is 50.4 Å². The first-order valence-corrected chi connectivity index (χ1v) is 22.9. The third-order valence-corrected chi connectivity index (χ3v) is 14.4. The number of hydrogen-bond acceptors (Lipinski definition) is 14. The van der Waals surface area contributed by atoms with Crippen LogP contribution in [-0.4, -0.2) is 66.3 Å². The van der Waals surface area contributed by atoms with Crippen molar-refractivity contribution >= 4 is 57.9 Å². The number of nitrogens with one attached hydrogen (secondary N) is 2. The first-order valence-electron chi connectivity index (χ1n) is 21.3. The Morgan fingerprint density at radius 2 is 0.985 bits per heavy atom. The minimum Gasteiger partial charge on any atom is -0.481 e. The van der Waals surface area contributed by atoms with Crippen molar-refractivity contribution in [3.05, 3.63) is 106 Å². The topological polar surface area (TPSA) is 194 Å². The third-order valence-electron chi connectivity index (χ3n) is 12.0. The molecule has 4 N–H and O–H groups in total. The summed E-state index contributed by atoms with van der Waals surface area (Å²) in [4.78, 5) is 48.4. The summed E-state index contributed by atoms with van der Waals surface area (Å²) in [6.45, 7) is 3.76. The Morgan fingerprint density at radius 3 is 1.31 bits per heavy atom. The normalized spacial score (nSPS) is 20.8. The fourth-order valence-corrected chi connectivity index (χ4v) is 10.6. The molecule has 68 heavy (non-hydrogen) atoms. The molecule has 2 saturated carbocycles. The fraction of sp³-hybridized carbons (Fsp3) is 0.391. The molecule has 22 heteroatoms. The number of rotatable bonds is 12. The number of alkyl halides is 6. The number of halogens is 6. The SMILES string of the molecule is COC1(c2ncc(-c3cc(C)cc(Nc4nccc(C(F)(F)F)n4)c3)s2)CCC(C(=O)O)CC1.COC1(c2ncc(-c3cc(C)cc(Nc4nccc(C(F)(F)F)n4)c3)s2)CCC(C(=O)O)CC1. The van der Waals surface area contributed by atoms with Crippen molar-refractivity contribution in [1.82, 2.24) is 29.9 Å². The van der Waals surface area contributed by atoms with Crippen molar-refractivity contribution in [2.45, 2.75) is 88.8 Å². The van der Waals surface area contributed by atoms with E-state index in [1.807, 2.05) is 26.0 Å². The smallest absolute Gasteiger partial charge is 0.433 e. The van der Waals surface area contributed by atoms with E-state index in [9.17, 15) is 46.1 Å². The molecule has 0 aliphatic heterocycles. The van der Waals surface area contributed by atoms with E-state index in [4.69, 9.17) is 9.47 Å². The number of carboxylic acid groups (broad SMARTS) is 2. The van der Waals surface area contributed by atoms with Crippen molar-refractivity contribution in [2.75, 3.05) is 24.9 Å². The number of carboxylic acids is 2. The van der Waals surface area contributed by atoms with Crippen molar-refractivity contribution in [3.63, 3.8) is 0 Å². The zero-order chi connectivity index (χ0) is 49.0. The van der Waals surface area contributed by atoms with Gasteiger partial charge in [-0.2, -0.15) is 26.3 Å². The average molecular weight is 985 g/mol. The summed E-state index contributed by atoms with van der Waals surface area (Å²) in [6.07, 6.45) is 0.855. The van der Waals surface area contributed by atoms with Crippen molar-refractivity contribution < 1.29 is 55.6 Å². The lowest BCUT2D eigenvalue weighted by atomic mass is 9.79. The van der Waals surface area contributed by atoms with Gasteiger partial charge >= 0.3 is 24.3 Å². The van der Waals surface area contributed by atoms with E-state index in [0.29, 0.717) is 62.7 Å². The van der Waals surface area contributed by atoms with Crippen molar-refractivity contribution in [2.24, 2.45) is 11.8 Å². The number of aliphatic carboxylic acids is 2. The Balaban J connectivity index is 0.000000201. The van der Waals surface area contributed by atoms with Gasteiger partial charge in [-0.3, -0.25) is 9.59 Å². The van der Waals surface area contributed by atoms with Gasteiger partial charge in [0.15, 0.2) is 0 Å². The first-order chi connectivity index (χ1) is 32.2. The fourth-order valence-electron chi connectivity index (χ4n) is 8.32. The average Bonchev–Trinajstić information content (AvgIpc) is 4.01. The number of aryl methyl sites for hydroxylation is 2. The zero-order valence-electron chi connectivity index (χ0n) is 37.0. The Morgan fingerprint density at radius 1 is 0.618 bits per heavy atom. The van der Waals surface area contributed by atoms with Crippen LogP contribution in [0.3, 0.4) is 0 Å². The highest BCUT2D eigenvalue weighted by Crippen LogP contribution is 2.47. The molecule has 360 valence electrons. The quantitative estimate of drug-likeness (QED) is 0.0846. The summed E-state index contributed by atoms with van der Waals surface area (Å²) in [7, 11) is 3.23. The van der Waals surface area contributed by atoms with E-state index in [0.717, 1.165) is 66.5 Å². The van der Waals surface area contributed by atoms with E-state index >= 15 is 0 Å². The minimum atomic E-state index is -4.56. The molecule has 2 fully saturated rings. The lowest BCUT2D eigenvalue weighted by molar-refractivity contribution is -0.147. The lowest BCUT2D eigenvalue weighted by Crippen LogP contribution is -2.35. The summed E-state index contributed by atoms with van der Waals surface area (Å²) in [6, 6.07) is 12.7. The number of benzene rings is 2. The molecule has 0 unspecified atom stereocenters. The van der Waals surface area contributed by atoms with Crippen LogP contribution >= 0.6 is 22.7 Å². The summed E-state index contributed by atoms with van der Waals surface area (Å²) in [5.74, 6) is -2.60. The predicted molar refractivity (Wildman–Crippen MR) is 242 cm³/mol. The Kier molecular flexibility index (Phi) is 14.8. The van der Waals surface area contributed by atoms with Gasteiger partial charge in [-0.25, -0.2) is 29.9 Å². The van der Waals surface area contributed by atoms with Gasteiger partial charge in [-0.05, 0) is 124 Å². The molecule has 0 radical (unpaired) electrons. The van der Waals surface area contributed by atoms with Crippen LogP contribution in [0.5, 0.6) is 0 Å². The van der Waals surface area contributed by atoms with Crippen LogP contribution in [0.15, 0.2) is 73.3 Å². The Labute approximate surface area is 394 Å². The maximum Gasteiger partial charge on any atom is 0.433 e. The number of ether oxygens (including phenoxy) is 2. The maximum atomic E-state index is 13.0. The number of thiazole rings is 2. The highest BCUT2D eigenvalue weighted by atomic mass is 32.1. The highest BCUT2D eigenvalue weighted by molar-refractivity contribution is 7.15. The molecule has 6 aromatic rings. The summed E-state index contributed by atoms with van der Waals surface area (Å²) < 4.78 is 89.5. The summed E-state index contributed by atoms with van der Waals surface area (Å²) in [5, 5.41) is 25.9. The van der Waals surface area contributed by atoms with Crippen LogP contribution in [0.1, 0.15) is 83.9 Å². The van der Waals surface area contributed by atoms with Gasteiger partial charge in [0.25, 0.3) is 0 Å². The van der Waals surface area contributed by atoms with E-state index in [1.165, 1.54) is 22.7 Å². The molecule has 0 spiro atoms. The molecule has 4 heterocycles. The second kappa shape index (κ2) is 20.2. The van der Waals surface area contributed by atoms with Crippen LogP contribution in [0.2, 0.25) is 0 Å². The van der Waals surface area contributed by atoms with E-state index in [1.54, 1.807) is 50.9 Å². The molecular formula is C46H46F6N8O6S2. The van der Waals surface area contributed by atoms with Crippen LogP contribution in [0.25, 0.3) is 20.9 Å². The van der Waals surface area contributed by atoms with Crippen LogP contribution < -0.4 is 10.6 Å². The van der Waals surface area contributed by atoms with Gasteiger partial charge < -0.3 is 30.3 Å². The van der Waals surface area contributed by atoms with Gasteiger partial charge in [-0.1, -0.05) is 12.1 Å². The predicted octanol–water partition coefficient (Wildman–Crippen LogP) is 11.6. The molecule has 2 aromatic carbocycles. The molecule has 8 rings (SSSR count). The van der Waals surface area contributed by atoms with Crippen LogP contribution in [0, 0.1) is 25.7 Å². The number of methoxy groups -OCH3 is 2. The van der Waals surface area contributed by atoms with Crippen molar-refractivity contribution in [1.29, 1.82) is 0 Å². The first kappa shape index (κ1) is 49.8. The van der Waals surface area contributed by atoms with E-state index in [-0.39, 0.29) is 23.7 Å². The van der Waals surface area contributed by atoms with Gasteiger partial charge in [0.05, 0.1) is 21.6 Å². The standard InChI is InChI=1S/2C23H23F3N4O3S/c2*1-13-9-15(11-16(10-13)29-21-27-8-5-18(30-21)23(24,25)26)17-12-28-20(34-17)22(33-2)6-3-14(4-7-22)19(31)32/h2*5,8-12,14H,3-4,6-7H2,1-2H3,(H,31,32)(H,27,29,30). The molecule has 0 bridgehead atoms. The van der Waals surface area contributed by atoms with Crippen LogP contribution in [0.4, 0.5) is 49.6 Å². The minimum absolute atomic E-state index is 0.148. The Bertz CT molecular complexity index is 2570. The second-order valence-electron chi connectivity index (χ2n) is 16.6. The van der Waals surface area contributed by atoms with Gasteiger partial charge in [0.1, 0.15) is 32.6 Å². The lowest BCUT2D eigenvalue weighted by Gasteiger charge is -2.36. The number of nitrogens with zero attached hydrogens (tertiary/aromatic N) is 6. The second-order valence-corrected chi connectivity index (χ2v) is 18.7. The third kappa shape index (κ3) is 11.6. The molecule has 0 atom stereocenters. The Hall–Kier alpha value is -6.10. The molecule has 14 nitrogen and oxygen atoms in total. The van der Waals surface area contributed by atoms with Crippen LogP contribution in [-0.2, 0) is 42.6 Å². The molecule has 4 aromatic heterocycles. The molecule has 2 aliphatic rings. The largest absolute Gasteiger partial charge is 0.481 e. The molecule has 2 aliphatic carbocycles. The molecule has 0 saturated heterocycles. The van der Waals surface area contributed by atoms with E-state index in [2.05, 4.69) is 40.5 Å². The number of anilines is 4. The highest BCUT2D eigenvalue weighted by Gasteiger charge is 2.43. The molecule has 0 amide bonds. The monoisotopic (exact) mass is 984 g/mol. The summed E-state index contributed by atoms with van der Waals surface area (Å²) in [5.41, 5.74) is 1.28. The zero-order valence-corrected chi connectivity index (χ0v) is 38.7. The van der Waals surface area contributed by atoms with Gasteiger partial charge in [-0.15, -0.1) is 22.7 Å². The summed E-state index contributed by atoms with van der Waals surface area (Å²) >= 11 is 2.93. The number of carbonyl (C=O) groups is 2. The van der Waals surface area contributed by atoms with Crippen molar-refractivity contribution in [3.8, 4) is 20.9 Å². The van der Waals surface area contributed by atoms with E-state index < -0.39 is 46.9 Å². The molecular weight excluding hydrogens is 939 g/mol. The number of aromatic nitrogens is 6. The number of hydrogen-bond donors (Lipinski definition) is 4.